The molecule has 1 aromatic carbocycles. The number of rotatable bonds is 4. The number of piperazine rings is 1. The Balaban J connectivity index is 1.75. The van der Waals surface area contributed by atoms with Crippen molar-refractivity contribution in [3.63, 3.8) is 0 Å². The van der Waals surface area contributed by atoms with Crippen LogP contribution in [0.25, 0.3) is 0 Å². The molecule has 2 saturated heterocycles. The number of nitrogens with one attached hydrogen (secondary N) is 1. The largest absolute Gasteiger partial charge is 0.352 e. The molecule has 1 aromatic rings. The molecular weight excluding hydrogens is 308 g/mol. The van der Waals surface area contributed by atoms with E-state index in [1.165, 1.54) is 4.90 Å². The molecule has 7 heteroatoms. The smallest absolute Gasteiger partial charge is 0.247 e. The molecule has 3 amide bonds. The van der Waals surface area contributed by atoms with E-state index < -0.39 is 12.1 Å². The summed E-state index contributed by atoms with van der Waals surface area (Å²) in [6.07, 6.45) is 1.32. The highest BCUT2D eigenvalue weighted by molar-refractivity contribution is 5.92. The minimum absolute atomic E-state index is 0.0363. The highest BCUT2D eigenvalue weighted by Gasteiger charge is 2.37. The van der Waals surface area contributed by atoms with Crippen LogP contribution in [0, 0.1) is 0 Å². The number of likely N-dealkylation sites (tertiary alicyclic amines) is 1. The number of nitrogens with zero attached hydrogens (tertiary/aromatic N) is 2. The number of carbonyl (C=O) groups is 3. The minimum atomic E-state index is -0.816. The molecule has 0 bridgehead atoms. The lowest BCUT2D eigenvalue weighted by molar-refractivity contribution is -0.145. The van der Waals surface area contributed by atoms with E-state index in [0.717, 1.165) is 12.0 Å². The van der Waals surface area contributed by atoms with Gasteiger partial charge in [-0.2, -0.15) is 0 Å². The Morgan fingerprint density at radius 2 is 2.00 bits per heavy atom. The van der Waals surface area contributed by atoms with E-state index >= 15 is 0 Å². The van der Waals surface area contributed by atoms with Gasteiger partial charge >= 0.3 is 0 Å². The van der Waals surface area contributed by atoms with Crippen molar-refractivity contribution >= 4 is 17.7 Å². The maximum absolute atomic E-state index is 12.8. The normalized spacial score (nSPS) is 22.5. The van der Waals surface area contributed by atoms with Gasteiger partial charge in [-0.15, -0.1) is 0 Å². The van der Waals surface area contributed by atoms with Gasteiger partial charge in [0.25, 0.3) is 0 Å². The second-order valence-corrected chi connectivity index (χ2v) is 6.19. The summed E-state index contributed by atoms with van der Waals surface area (Å²) >= 11 is 0. The number of benzene rings is 1. The Kier molecular flexibility index (Phi) is 4.80. The first-order valence-corrected chi connectivity index (χ1v) is 8.24. The van der Waals surface area contributed by atoms with Crippen LogP contribution in [0.3, 0.4) is 0 Å². The van der Waals surface area contributed by atoms with Gasteiger partial charge in [-0.1, -0.05) is 30.3 Å². The second kappa shape index (κ2) is 7.00. The zero-order chi connectivity index (χ0) is 17.1. The van der Waals surface area contributed by atoms with Crippen LogP contribution in [-0.4, -0.2) is 59.7 Å². The van der Waals surface area contributed by atoms with E-state index in [9.17, 15) is 14.4 Å². The van der Waals surface area contributed by atoms with Crippen LogP contribution >= 0.6 is 0 Å². The molecule has 7 nitrogen and oxygen atoms in total. The van der Waals surface area contributed by atoms with E-state index in [0.29, 0.717) is 26.1 Å². The molecule has 24 heavy (non-hydrogen) atoms. The standard InChI is InChI=1S/C17H22N4O3/c18-13(11-20-9-4-7-14(20)22)17(24)21-10-8-19-16(23)15(21)12-5-2-1-3-6-12/h1-3,5-6,13,15H,4,7-11,18H2,(H,19,23)/t13-,15?/m0/s1. The SMILES string of the molecule is N[C@@H](CN1CCCC1=O)C(=O)N1CCNC(=O)C1c1ccccc1. The van der Waals surface area contributed by atoms with Crippen molar-refractivity contribution in [2.24, 2.45) is 5.73 Å². The molecule has 2 aliphatic rings. The van der Waals surface area contributed by atoms with Gasteiger partial charge < -0.3 is 20.9 Å². The average Bonchev–Trinajstić information content (AvgIpc) is 2.99. The predicted octanol–water partition coefficient (Wildman–Crippen LogP) is -0.364. The summed E-state index contributed by atoms with van der Waals surface area (Å²) in [6.45, 7) is 1.66. The van der Waals surface area contributed by atoms with Crippen LogP contribution < -0.4 is 11.1 Å². The summed E-state index contributed by atoms with van der Waals surface area (Å²) in [5, 5.41) is 2.80. The summed E-state index contributed by atoms with van der Waals surface area (Å²) < 4.78 is 0. The second-order valence-electron chi connectivity index (χ2n) is 6.19. The molecule has 0 radical (unpaired) electrons. The molecule has 2 heterocycles. The summed E-state index contributed by atoms with van der Waals surface area (Å²) in [5.74, 6) is -0.460. The van der Waals surface area contributed by atoms with Crippen molar-refractivity contribution in [1.82, 2.24) is 15.1 Å². The Morgan fingerprint density at radius 3 is 2.67 bits per heavy atom. The molecule has 2 fully saturated rings. The van der Waals surface area contributed by atoms with Crippen LogP contribution in [0.5, 0.6) is 0 Å². The van der Waals surface area contributed by atoms with Gasteiger partial charge in [0.05, 0.1) is 0 Å². The maximum atomic E-state index is 12.8. The Labute approximate surface area is 140 Å². The van der Waals surface area contributed by atoms with E-state index in [4.69, 9.17) is 5.73 Å². The van der Waals surface area contributed by atoms with Crippen LogP contribution in [-0.2, 0) is 14.4 Å². The number of amides is 3. The lowest BCUT2D eigenvalue weighted by Gasteiger charge is -2.37. The molecule has 1 unspecified atom stereocenters. The predicted molar refractivity (Wildman–Crippen MR) is 87.7 cm³/mol. The third kappa shape index (κ3) is 3.26. The monoisotopic (exact) mass is 330 g/mol. The molecule has 0 saturated carbocycles. The molecule has 3 N–H and O–H groups in total. The van der Waals surface area contributed by atoms with Gasteiger partial charge in [-0.3, -0.25) is 14.4 Å². The van der Waals surface area contributed by atoms with E-state index in [1.54, 1.807) is 4.90 Å². The molecule has 2 atom stereocenters. The van der Waals surface area contributed by atoms with Gasteiger partial charge in [-0.05, 0) is 12.0 Å². The molecule has 0 aromatic heterocycles. The minimum Gasteiger partial charge on any atom is -0.352 e. The van der Waals surface area contributed by atoms with Gasteiger partial charge in [0.2, 0.25) is 17.7 Å². The fraction of sp³-hybridized carbons (Fsp3) is 0.471. The van der Waals surface area contributed by atoms with Crippen molar-refractivity contribution < 1.29 is 14.4 Å². The lowest BCUT2D eigenvalue weighted by Crippen LogP contribution is -2.57. The number of hydrogen-bond donors (Lipinski definition) is 2. The van der Waals surface area contributed by atoms with E-state index in [-0.39, 0.29) is 24.3 Å². The summed E-state index contributed by atoms with van der Waals surface area (Å²) in [6, 6.07) is 7.69. The Morgan fingerprint density at radius 1 is 1.25 bits per heavy atom. The number of carbonyl (C=O) groups excluding carboxylic acids is 3. The highest BCUT2D eigenvalue weighted by atomic mass is 16.2. The lowest BCUT2D eigenvalue weighted by atomic mass is 10.0. The first kappa shape index (κ1) is 16.4. The third-order valence-electron chi connectivity index (χ3n) is 4.52. The molecule has 0 spiro atoms. The molecule has 2 aliphatic heterocycles. The van der Waals surface area contributed by atoms with Gasteiger partial charge in [0.15, 0.2) is 0 Å². The molecule has 128 valence electrons. The fourth-order valence-electron chi connectivity index (χ4n) is 3.30. The summed E-state index contributed by atoms with van der Waals surface area (Å²) in [5.41, 5.74) is 6.82. The van der Waals surface area contributed by atoms with Crippen molar-refractivity contribution in [3.8, 4) is 0 Å². The van der Waals surface area contributed by atoms with Gasteiger partial charge in [0, 0.05) is 32.6 Å². The number of nitrogens with two attached hydrogens (primary N) is 1. The molecule has 0 aliphatic carbocycles. The number of hydrogen-bond acceptors (Lipinski definition) is 4. The maximum Gasteiger partial charge on any atom is 0.247 e. The van der Waals surface area contributed by atoms with E-state index in [1.807, 2.05) is 30.3 Å². The van der Waals surface area contributed by atoms with Crippen LogP contribution in [0.2, 0.25) is 0 Å². The zero-order valence-corrected chi connectivity index (χ0v) is 13.5. The first-order chi connectivity index (χ1) is 11.6. The van der Waals surface area contributed by atoms with Gasteiger partial charge in [0.1, 0.15) is 12.1 Å². The van der Waals surface area contributed by atoms with Crippen molar-refractivity contribution in [2.75, 3.05) is 26.2 Å². The Hall–Kier alpha value is -2.41. The molecular formula is C17H22N4O3. The third-order valence-corrected chi connectivity index (χ3v) is 4.52. The topological polar surface area (TPSA) is 95.7 Å². The average molecular weight is 330 g/mol. The Bertz CT molecular complexity index is 634. The van der Waals surface area contributed by atoms with E-state index in [2.05, 4.69) is 5.32 Å². The van der Waals surface area contributed by atoms with Crippen molar-refractivity contribution in [1.29, 1.82) is 0 Å². The quantitative estimate of drug-likeness (QED) is 0.788. The summed E-state index contributed by atoms with van der Waals surface area (Å²) in [7, 11) is 0. The fourth-order valence-corrected chi connectivity index (χ4v) is 3.30. The van der Waals surface area contributed by atoms with Gasteiger partial charge in [-0.25, -0.2) is 0 Å². The zero-order valence-electron chi connectivity index (χ0n) is 13.5. The van der Waals surface area contributed by atoms with Crippen molar-refractivity contribution in [3.05, 3.63) is 35.9 Å². The van der Waals surface area contributed by atoms with Crippen LogP contribution in [0.4, 0.5) is 0 Å². The van der Waals surface area contributed by atoms with Crippen LogP contribution in [0.1, 0.15) is 24.4 Å². The highest BCUT2D eigenvalue weighted by Crippen LogP contribution is 2.24. The first-order valence-electron chi connectivity index (χ1n) is 8.24. The summed E-state index contributed by atoms with van der Waals surface area (Å²) in [4.78, 5) is 40.0. The van der Waals surface area contributed by atoms with Crippen molar-refractivity contribution in [2.45, 2.75) is 24.9 Å². The van der Waals surface area contributed by atoms with Crippen LogP contribution in [0.15, 0.2) is 30.3 Å². The molecule has 3 rings (SSSR count).